The maximum absolute atomic E-state index is 5.29. The van der Waals surface area contributed by atoms with Gasteiger partial charge in [-0.1, -0.05) is 17.7 Å². The van der Waals surface area contributed by atoms with E-state index in [0.29, 0.717) is 6.04 Å². The minimum absolute atomic E-state index is 0.380. The number of aryl methyl sites for hydroxylation is 3. The Hall–Kier alpha value is -1.26. The topological polar surface area (TPSA) is 12.0 Å². The maximum atomic E-state index is 5.29. The fourth-order valence-electron chi connectivity index (χ4n) is 2.01. The van der Waals surface area contributed by atoms with Crippen molar-refractivity contribution in [2.45, 2.75) is 46.7 Å². The van der Waals surface area contributed by atoms with Gasteiger partial charge < -0.3 is 5.32 Å². The van der Waals surface area contributed by atoms with Gasteiger partial charge in [-0.25, -0.2) is 0 Å². The number of rotatable bonds is 4. The smallest absolute Gasteiger partial charge is 0.0238 e. The van der Waals surface area contributed by atoms with Gasteiger partial charge in [0.2, 0.25) is 0 Å². The molecule has 0 aliphatic rings. The highest BCUT2D eigenvalue weighted by Gasteiger charge is 2.05. The van der Waals surface area contributed by atoms with Crippen molar-refractivity contribution in [2.75, 3.05) is 0 Å². The fourth-order valence-corrected chi connectivity index (χ4v) is 2.01. The van der Waals surface area contributed by atoms with Gasteiger partial charge >= 0.3 is 0 Å². The molecule has 1 heteroatoms. The van der Waals surface area contributed by atoms with E-state index in [2.05, 4.69) is 51.1 Å². The third-order valence-corrected chi connectivity index (χ3v) is 2.89. The van der Waals surface area contributed by atoms with Gasteiger partial charge in [-0.2, -0.15) is 0 Å². The lowest BCUT2D eigenvalue weighted by atomic mass is 9.99. The molecule has 16 heavy (non-hydrogen) atoms. The molecule has 0 heterocycles. The molecule has 0 aliphatic carbocycles. The Bertz CT molecular complexity index is 375. The number of terminal acetylenes is 1. The first kappa shape index (κ1) is 12.8. The summed E-state index contributed by atoms with van der Waals surface area (Å²) in [7, 11) is 0. The number of hydrogen-bond donors (Lipinski definition) is 1. The third-order valence-electron chi connectivity index (χ3n) is 2.89. The van der Waals surface area contributed by atoms with Crippen LogP contribution in [0.4, 0.5) is 0 Å². The van der Waals surface area contributed by atoms with E-state index in [1.165, 1.54) is 22.3 Å². The van der Waals surface area contributed by atoms with E-state index < -0.39 is 0 Å². The van der Waals surface area contributed by atoms with Crippen molar-refractivity contribution in [2.24, 2.45) is 0 Å². The zero-order valence-electron chi connectivity index (χ0n) is 10.7. The highest BCUT2D eigenvalue weighted by atomic mass is 14.9. The minimum atomic E-state index is 0.380. The predicted octanol–water partition coefficient (Wildman–Crippen LogP) is 3.11. The normalized spacial score (nSPS) is 12.2. The van der Waals surface area contributed by atoms with Gasteiger partial charge in [0.25, 0.3) is 0 Å². The van der Waals surface area contributed by atoms with Crippen LogP contribution in [0.3, 0.4) is 0 Å². The Morgan fingerprint density at radius 2 is 1.81 bits per heavy atom. The van der Waals surface area contributed by atoms with E-state index in [1.54, 1.807) is 0 Å². The molecule has 0 saturated carbocycles. The first-order valence-electron chi connectivity index (χ1n) is 5.78. The summed E-state index contributed by atoms with van der Waals surface area (Å²) < 4.78 is 0. The molecule has 1 unspecified atom stereocenters. The van der Waals surface area contributed by atoms with E-state index in [9.17, 15) is 0 Å². The maximum Gasteiger partial charge on any atom is 0.0238 e. The van der Waals surface area contributed by atoms with Crippen LogP contribution >= 0.6 is 0 Å². The summed E-state index contributed by atoms with van der Waals surface area (Å²) in [5, 5.41) is 3.46. The molecule has 1 aromatic rings. The molecule has 1 N–H and O–H groups in total. The standard InChI is InChI=1S/C15H21N/c1-6-7-14(5)16-10-15-12(3)8-11(2)9-13(15)4/h1,8-9,14,16H,7,10H2,2-5H3. The molecule has 0 saturated heterocycles. The number of nitrogens with one attached hydrogen (secondary N) is 1. The van der Waals surface area contributed by atoms with Crippen molar-refractivity contribution in [1.29, 1.82) is 0 Å². The van der Waals surface area contributed by atoms with Gasteiger partial charge in [0.1, 0.15) is 0 Å². The molecule has 86 valence electrons. The number of benzene rings is 1. The quantitative estimate of drug-likeness (QED) is 0.761. The van der Waals surface area contributed by atoms with Crippen molar-refractivity contribution >= 4 is 0 Å². The Morgan fingerprint density at radius 1 is 1.25 bits per heavy atom. The third kappa shape index (κ3) is 3.40. The molecule has 0 aromatic heterocycles. The SMILES string of the molecule is C#CCC(C)NCc1c(C)cc(C)cc1C. The van der Waals surface area contributed by atoms with Crippen LogP contribution in [0.1, 0.15) is 35.6 Å². The van der Waals surface area contributed by atoms with Crippen molar-refractivity contribution in [3.63, 3.8) is 0 Å². The summed E-state index contributed by atoms with van der Waals surface area (Å²) in [5.74, 6) is 2.68. The van der Waals surface area contributed by atoms with Crippen molar-refractivity contribution in [3.8, 4) is 12.3 Å². The Labute approximate surface area is 99.3 Å². The van der Waals surface area contributed by atoms with Gasteiger partial charge in [0.15, 0.2) is 0 Å². The van der Waals surface area contributed by atoms with E-state index >= 15 is 0 Å². The lowest BCUT2D eigenvalue weighted by molar-refractivity contribution is 0.557. The monoisotopic (exact) mass is 215 g/mol. The predicted molar refractivity (Wildman–Crippen MR) is 70.4 cm³/mol. The molecule has 1 aromatic carbocycles. The Balaban J connectivity index is 2.71. The highest BCUT2D eigenvalue weighted by Crippen LogP contribution is 2.16. The zero-order chi connectivity index (χ0) is 12.1. The van der Waals surface area contributed by atoms with Gasteiger partial charge in [-0.15, -0.1) is 12.3 Å². The molecule has 1 atom stereocenters. The lowest BCUT2D eigenvalue weighted by Crippen LogP contribution is -2.25. The van der Waals surface area contributed by atoms with Crippen LogP contribution in [0, 0.1) is 33.1 Å². The van der Waals surface area contributed by atoms with Crippen LogP contribution in [-0.4, -0.2) is 6.04 Å². The second-order valence-electron chi connectivity index (χ2n) is 4.57. The van der Waals surface area contributed by atoms with E-state index in [0.717, 1.165) is 13.0 Å². The molecule has 0 fully saturated rings. The van der Waals surface area contributed by atoms with E-state index in [-0.39, 0.29) is 0 Å². The van der Waals surface area contributed by atoms with Gasteiger partial charge in [0.05, 0.1) is 0 Å². The first-order chi connectivity index (χ1) is 7.54. The molecule has 0 spiro atoms. The van der Waals surface area contributed by atoms with Gasteiger partial charge in [0, 0.05) is 19.0 Å². The number of hydrogen-bond acceptors (Lipinski definition) is 1. The summed E-state index contributed by atoms with van der Waals surface area (Å²) in [4.78, 5) is 0. The van der Waals surface area contributed by atoms with E-state index in [1.807, 2.05) is 0 Å². The zero-order valence-corrected chi connectivity index (χ0v) is 10.7. The molecule has 0 bridgehead atoms. The van der Waals surface area contributed by atoms with Gasteiger partial charge in [-0.05, 0) is 44.4 Å². The van der Waals surface area contributed by atoms with Crippen molar-refractivity contribution < 1.29 is 0 Å². The van der Waals surface area contributed by atoms with Crippen molar-refractivity contribution in [1.82, 2.24) is 5.32 Å². The van der Waals surface area contributed by atoms with Crippen LogP contribution in [-0.2, 0) is 6.54 Å². The average Bonchev–Trinajstić information content (AvgIpc) is 2.16. The lowest BCUT2D eigenvalue weighted by Gasteiger charge is -2.15. The first-order valence-corrected chi connectivity index (χ1v) is 5.78. The van der Waals surface area contributed by atoms with Crippen LogP contribution in [0.5, 0.6) is 0 Å². The van der Waals surface area contributed by atoms with Crippen molar-refractivity contribution in [3.05, 3.63) is 34.4 Å². The van der Waals surface area contributed by atoms with Gasteiger partial charge in [-0.3, -0.25) is 0 Å². The summed E-state index contributed by atoms with van der Waals surface area (Å²) in [6, 6.07) is 4.84. The molecule has 0 aliphatic heterocycles. The molecule has 0 radical (unpaired) electrons. The van der Waals surface area contributed by atoms with Crippen LogP contribution < -0.4 is 5.32 Å². The Kier molecular flexibility index (Phi) is 4.58. The summed E-state index contributed by atoms with van der Waals surface area (Å²) in [6.07, 6.45) is 6.07. The molecule has 1 nitrogen and oxygen atoms in total. The largest absolute Gasteiger partial charge is 0.309 e. The summed E-state index contributed by atoms with van der Waals surface area (Å²) >= 11 is 0. The van der Waals surface area contributed by atoms with Crippen LogP contribution in [0.15, 0.2) is 12.1 Å². The summed E-state index contributed by atoms with van der Waals surface area (Å²) in [5.41, 5.74) is 5.45. The van der Waals surface area contributed by atoms with Crippen LogP contribution in [0.25, 0.3) is 0 Å². The highest BCUT2D eigenvalue weighted by molar-refractivity contribution is 5.37. The molecule has 0 amide bonds. The summed E-state index contributed by atoms with van der Waals surface area (Å²) in [6.45, 7) is 9.50. The fraction of sp³-hybridized carbons (Fsp3) is 0.467. The minimum Gasteiger partial charge on any atom is -0.309 e. The van der Waals surface area contributed by atoms with E-state index in [4.69, 9.17) is 6.42 Å². The molecular formula is C15H21N. The second kappa shape index (κ2) is 5.72. The average molecular weight is 215 g/mol. The van der Waals surface area contributed by atoms with Crippen LogP contribution in [0.2, 0.25) is 0 Å². The molecule has 1 rings (SSSR count). The molecular weight excluding hydrogens is 194 g/mol. The second-order valence-corrected chi connectivity index (χ2v) is 4.57. The Morgan fingerprint density at radius 3 is 2.31 bits per heavy atom.